The molecule has 0 aromatic heterocycles. The van der Waals surface area contributed by atoms with Crippen molar-refractivity contribution < 1.29 is 8.42 Å². The number of nitrogens with two attached hydrogens (primary N) is 1. The highest BCUT2D eigenvalue weighted by Crippen LogP contribution is 2.32. The monoisotopic (exact) mass is 284 g/mol. The molecular formula is C12H16N2O2S2. The maximum Gasteiger partial charge on any atom is 0.244 e. The maximum absolute atomic E-state index is 12.6. The van der Waals surface area contributed by atoms with Crippen molar-refractivity contribution in [1.82, 2.24) is 4.31 Å². The molecule has 1 aliphatic rings. The number of hydrogen-bond acceptors (Lipinski definition) is 3. The van der Waals surface area contributed by atoms with Crippen molar-refractivity contribution in [3.05, 3.63) is 29.8 Å². The summed E-state index contributed by atoms with van der Waals surface area (Å²) in [6.45, 7) is 2.32. The Balaban J connectivity index is 2.49. The Hall–Kier alpha value is -0.980. The van der Waals surface area contributed by atoms with Gasteiger partial charge in [-0.25, -0.2) is 8.42 Å². The van der Waals surface area contributed by atoms with Gasteiger partial charge in [0.25, 0.3) is 0 Å². The van der Waals surface area contributed by atoms with Gasteiger partial charge in [0.1, 0.15) is 4.99 Å². The van der Waals surface area contributed by atoms with Gasteiger partial charge in [0.15, 0.2) is 0 Å². The van der Waals surface area contributed by atoms with Gasteiger partial charge in [0.2, 0.25) is 10.0 Å². The molecule has 18 heavy (non-hydrogen) atoms. The Morgan fingerprint density at radius 3 is 2.56 bits per heavy atom. The summed E-state index contributed by atoms with van der Waals surface area (Å²) in [4.78, 5) is 0.326. The van der Waals surface area contributed by atoms with Crippen LogP contribution in [0.4, 0.5) is 0 Å². The molecule has 0 unspecified atom stereocenters. The number of rotatable bonds is 5. The second kappa shape index (κ2) is 4.95. The van der Waals surface area contributed by atoms with Crippen molar-refractivity contribution in [2.75, 3.05) is 6.54 Å². The zero-order valence-electron chi connectivity index (χ0n) is 10.2. The zero-order chi connectivity index (χ0) is 13.3. The zero-order valence-corrected chi connectivity index (χ0v) is 11.8. The van der Waals surface area contributed by atoms with E-state index in [0.717, 1.165) is 12.8 Å². The molecule has 0 saturated heterocycles. The van der Waals surface area contributed by atoms with E-state index in [1.54, 1.807) is 24.3 Å². The van der Waals surface area contributed by atoms with Crippen LogP contribution in [0, 0.1) is 0 Å². The predicted molar refractivity (Wildman–Crippen MR) is 74.9 cm³/mol. The van der Waals surface area contributed by atoms with Crippen LogP contribution in [0.2, 0.25) is 0 Å². The number of benzene rings is 1. The summed E-state index contributed by atoms with van der Waals surface area (Å²) in [6.07, 6.45) is 1.87. The van der Waals surface area contributed by atoms with Crippen molar-refractivity contribution in [2.24, 2.45) is 5.73 Å². The molecule has 0 aliphatic heterocycles. The average molecular weight is 284 g/mol. The van der Waals surface area contributed by atoms with E-state index in [-0.39, 0.29) is 15.9 Å². The molecule has 0 radical (unpaired) electrons. The van der Waals surface area contributed by atoms with Crippen LogP contribution in [0.25, 0.3) is 0 Å². The van der Waals surface area contributed by atoms with Crippen LogP contribution in [-0.4, -0.2) is 30.3 Å². The van der Waals surface area contributed by atoms with Crippen LogP contribution in [0.15, 0.2) is 29.2 Å². The molecule has 0 amide bonds. The highest BCUT2D eigenvalue weighted by atomic mass is 32.2. The van der Waals surface area contributed by atoms with Crippen LogP contribution in [0.5, 0.6) is 0 Å². The summed E-state index contributed by atoms with van der Waals surface area (Å²) in [5, 5.41) is 0. The molecule has 0 atom stereocenters. The predicted octanol–water partition coefficient (Wildman–Crippen LogP) is 1.49. The third-order valence-corrected chi connectivity index (χ3v) is 5.31. The van der Waals surface area contributed by atoms with Gasteiger partial charge in [0, 0.05) is 18.2 Å². The lowest BCUT2D eigenvalue weighted by Gasteiger charge is -2.21. The van der Waals surface area contributed by atoms with Crippen molar-refractivity contribution >= 4 is 27.2 Å². The molecular weight excluding hydrogens is 268 g/mol. The Bertz CT molecular complexity index is 565. The fourth-order valence-electron chi connectivity index (χ4n) is 2.01. The minimum Gasteiger partial charge on any atom is -0.389 e. The molecule has 0 heterocycles. The van der Waals surface area contributed by atoms with Gasteiger partial charge in [0.05, 0.1) is 4.90 Å². The number of sulfonamides is 1. The maximum atomic E-state index is 12.6. The highest BCUT2D eigenvalue weighted by molar-refractivity contribution is 7.89. The van der Waals surface area contributed by atoms with Crippen LogP contribution in [0.1, 0.15) is 25.3 Å². The summed E-state index contributed by atoms with van der Waals surface area (Å²) < 4.78 is 26.7. The van der Waals surface area contributed by atoms with E-state index in [9.17, 15) is 8.42 Å². The first-order valence-corrected chi connectivity index (χ1v) is 7.74. The molecule has 1 aromatic rings. The molecule has 4 nitrogen and oxygen atoms in total. The molecule has 2 rings (SSSR count). The first-order valence-electron chi connectivity index (χ1n) is 5.89. The number of thiocarbonyl (C=S) groups is 1. The Morgan fingerprint density at radius 1 is 1.44 bits per heavy atom. The Morgan fingerprint density at radius 2 is 2.06 bits per heavy atom. The average Bonchev–Trinajstić information content (AvgIpc) is 3.14. The quantitative estimate of drug-likeness (QED) is 0.832. The third kappa shape index (κ3) is 2.41. The van der Waals surface area contributed by atoms with Crippen LogP contribution in [0.3, 0.4) is 0 Å². The number of nitrogens with zero attached hydrogens (tertiary/aromatic N) is 1. The lowest BCUT2D eigenvalue weighted by atomic mass is 10.2. The van der Waals surface area contributed by atoms with Crippen molar-refractivity contribution in [3.8, 4) is 0 Å². The van der Waals surface area contributed by atoms with Gasteiger partial charge in [-0.3, -0.25) is 0 Å². The smallest absolute Gasteiger partial charge is 0.244 e. The van der Waals surface area contributed by atoms with Crippen LogP contribution < -0.4 is 5.73 Å². The molecule has 6 heteroatoms. The summed E-state index contributed by atoms with van der Waals surface area (Å²) in [6, 6.07) is 6.78. The first kappa shape index (κ1) is 13.5. The number of hydrogen-bond donors (Lipinski definition) is 1. The topological polar surface area (TPSA) is 63.4 Å². The molecule has 1 saturated carbocycles. The fraction of sp³-hybridized carbons (Fsp3) is 0.417. The van der Waals surface area contributed by atoms with Gasteiger partial charge in [-0.05, 0) is 18.9 Å². The minimum atomic E-state index is -3.50. The second-order valence-corrected chi connectivity index (χ2v) is 6.60. The van der Waals surface area contributed by atoms with E-state index in [1.807, 2.05) is 6.92 Å². The van der Waals surface area contributed by atoms with E-state index in [4.69, 9.17) is 18.0 Å². The van der Waals surface area contributed by atoms with Gasteiger partial charge in [-0.15, -0.1) is 0 Å². The van der Waals surface area contributed by atoms with E-state index in [0.29, 0.717) is 12.1 Å². The summed E-state index contributed by atoms with van der Waals surface area (Å²) in [5.74, 6) is 0. The first-order chi connectivity index (χ1) is 8.48. The van der Waals surface area contributed by atoms with E-state index >= 15 is 0 Å². The third-order valence-electron chi connectivity index (χ3n) is 3.00. The Labute approximate surface area is 113 Å². The second-order valence-electron chi connectivity index (χ2n) is 4.30. The summed E-state index contributed by atoms with van der Waals surface area (Å²) >= 11 is 4.92. The lowest BCUT2D eigenvalue weighted by molar-refractivity contribution is 0.421. The standard InChI is InChI=1S/C12H16N2O2S2/c1-2-14(9-7-8-9)18(15,16)11-6-4-3-5-10(11)12(13)17/h3-6,9H,2,7-8H2,1H3,(H2,13,17). The van der Waals surface area contributed by atoms with Crippen molar-refractivity contribution in [2.45, 2.75) is 30.7 Å². The van der Waals surface area contributed by atoms with E-state index in [1.165, 1.54) is 4.31 Å². The van der Waals surface area contributed by atoms with Crippen LogP contribution in [-0.2, 0) is 10.0 Å². The summed E-state index contributed by atoms with van der Waals surface area (Å²) in [5.41, 5.74) is 6.02. The van der Waals surface area contributed by atoms with Crippen molar-refractivity contribution in [1.29, 1.82) is 0 Å². The fourth-order valence-corrected chi connectivity index (χ4v) is 4.15. The summed E-state index contributed by atoms with van der Waals surface area (Å²) in [7, 11) is -3.50. The molecule has 1 aromatic carbocycles. The Kier molecular flexibility index (Phi) is 3.70. The van der Waals surface area contributed by atoms with Gasteiger partial charge in [-0.1, -0.05) is 37.3 Å². The molecule has 98 valence electrons. The molecule has 0 bridgehead atoms. The van der Waals surface area contributed by atoms with Gasteiger partial charge >= 0.3 is 0 Å². The molecule has 2 N–H and O–H groups in total. The van der Waals surface area contributed by atoms with Gasteiger partial charge < -0.3 is 5.73 Å². The van der Waals surface area contributed by atoms with Crippen molar-refractivity contribution in [3.63, 3.8) is 0 Å². The SMILES string of the molecule is CCN(C1CC1)S(=O)(=O)c1ccccc1C(N)=S. The van der Waals surface area contributed by atoms with Gasteiger partial charge in [-0.2, -0.15) is 4.31 Å². The largest absolute Gasteiger partial charge is 0.389 e. The van der Waals surface area contributed by atoms with E-state index < -0.39 is 10.0 Å². The lowest BCUT2D eigenvalue weighted by Crippen LogP contribution is -2.34. The molecule has 0 spiro atoms. The van der Waals surface area contributed by atoms with E-state index in [2.05, 4.69) is 0 Å². The van der Waals surface area contributed by atoms with Crippen LogP contribution >= 0.6 is 12.2 Å². The minimum absolute atomic E-state index is 0.112. The molecule has 1 fully saturated rings. The molecule has 1 aliphatic carbocycles. The normalized spacial score (nSPS) is 15.9. The highest BCUT2D eigenvalue weighted by Gasteiger charge is 2.37.